The standard InChI is InChI=1S/C26H32N2O2/c1-4-19-9-8-10-20(22(19)30-26-15-12-24(26,5-2)18(3)17-26)23(29)28-25(13-14-25)21-11-6-7-16-27-21/h6-11,16,18H,4-5,12-15,17H2,1-3H3,(H,28,29). The number of rotatable bonds is 7. The SMILES string of the molecule is CCc1cccc(C(=O)NC2(c3ccccn3)CC2)c1OC12CCC1(CC)C(C)C2. The monoisotopic (exact) mass is 404 g/mol. The number of benzene rings is 1. The van der Waals surface area contributed by atoms with Crippen LogP contribution in [0, 0.1) is 11.3 Å². The quantitative estimate of drug-likeness (QED) is 0.671. The number of pyridine rings is 1. The van der Waals surface area contributed by atoms with Crippen molar-refractivity contribution in [1.29, 1.82) is 0 Å². The molecule has 3 saturated carbocycles. The average molecular weight is 405 g/mol. The normalized spacial score (nSPS) is 30.4. The molecule has 3 aliphatic rings. The highest BCUT2D eigenvalue weighted by atomic mass is 16.5. The molecule has 0 saturated heterocycles. The molecule has 4 heteroatoms. The molecular formula is C26H32N2O2. The van der Waals surface area contributed by atoms with Gasteiger partial charge in [-0.15, -0.1) is 0 Å². The topological polar surface area (TPSA) is 51.2 Å². The number of para-hydroxylation sites is 1. The Hall–Kier alpha value is -2.36. The van der Waals surface area contributed by atoms with Crippen LogP contribution in [0.15, 0.2) is 42.6 Å². The molecule has 0 aliphatic heterocycles. The van der Waals surface area contributed by atoms with E-state index in [1.54, 1.807) is 6.20 Å². The van der Waals surface area contributed by atoms with Crippen LogP contribution in [0.5, 0.6) is 5.75 Å². The number of aromatic nitrogens is 1. The fraction of sp³-hybridized carbons (Fsp3) is 0.538. The number of carbonyl (C=O) groups is 1. The zero-order valence-electron chi connectivity index (χ0n) is 18.3. The molecule has 1 aromatic heterocycles. The molecule has 0 radical (unpaired) electrons. The lowest BCUT2D eigenvalue weighted by Crippen LogP contribution is -2.72. The lowest BCUT2D eigenvalue weighted by molar-refractivity contribution is -0.264. The van der Waals surface area contributed by atoms with Crippen molar-refractivity contribution in [1.82, 2.24) is 10.3 Å². The summed E-state index contributed by atoms with van der Waals surface area (Å²) in [6, 6.07) is 11.9. The Labute approximate surface area is 179 Å². The molecule has 0 bridgehead atoms. The third-order valence-electron chi connectivity index (χ3n) is 8.37. The van der Waals surface area contributed by atoms with E-state index in [-0.39, 0.29) is 22.5 Å². The molecule has 1 amide bonds. The molecule has 4 nitrogen and oxygen atoms in total. The largest absolute Gasteiger partial charge is 0.486 e. The maximum absolute atomic E-state index is 13.4. The van der Waals surface area contributed by atoms with Gasteiger partial charge < -0.3 is 10.1 Å². The third-order valence-corrected chi connectivity index (χ3v) is 8.37. The Morgan fingerprint density at radius 3 is 2.53 bits per heavy atom. The second-order valence-electron chi connectivity index (χ2n) is 9.61. The van der Waals surface area contributed by atoms with Crippen LogP contribution in [0.4, 0.5) is 0 Å². The number of nitrogens with one attached hydrogen (secondary N) is 1. The third kappa shape index (κ3) is 2.65. The number of hydrogen-bond acceptors (Lipinski definition) is 3. The number of fused-ring (bicyclic) bond motifs is 1. The summed E-state index contributed by atoms with van der Waals surface area (Å²) in [4.78, 5) is 17.9. The van der Waals surface area contributed by atoms with Crippen LogP contribution in [0.3, 0.4) is 0 Å². The fourth-order valence-corrected chi connectivity index (χ4v) is 6.18. The first-order valence-electron chi connectivity index (χ1n) is 11.5. The maximum Gasteiger partial charge on any atom is 0.255 e. The molecule has 0 spiro atoms. The second kappa shape index (κ2) is 6.83. The van der Waals surface area contributed by atoms with E-state index in [1.165, 1.54) is 6.42 Å². The molecule has 3 unspecified atom stereocenters. The van der Waals surface area contributed by atoms with Crippen LogP contribution in [0.25, 0.3) is 0 Å². The molecule has 158 valence electrons. The van der Waals surface area contributed by atoms with E-state index in [4.69, 9.17) is 4.74 Å². The lowest BCUT2D eigenvalue weighted by Gasteiger charge is -2.71. The minimum absolute atomic E-state index is 0.0475. The van der Waals surface area contributed by atoms with E-state index in [9.17, 15) is 4.79 Å². The van der Waals surface area contributed by atoms with Crippen molar-refractivity contribution >= 4 is 5.91 Å². The van der Waals surface area contributed by atoms with E-state index >= 15 is 0 Å². The van der Waals surface area contributed by atoms with Gasteiger partial charge in [-0.1, -0.05) is 39.0 Å². The Bertz CT molecular complexity index is 964. The van der Waals surface area contributed by atoms with Gasteiger partial charge in [0.05, 0.1) is 16.8 Å². The van der Waals surface area contributed by atoms with Crippen LogP contribution in [-0.4, -0.2) is 16.5 Å². The van der Waals surface area contributed by atoms with Crippen molar-refractivity contribution in [2.75, 3.05) is 0 Å². The number of amides is 1. The summed E-state index contributed by atoms with van der Waals surface area (Å²) in [5.74, 6) is 1.45. The summed E-state index contributed by atoms with van der Waals surface area (Å²) in [7, 11) is 0. The summed E-state index contributed by atoms with van der Waals surface area (Å²) < 4.78 is 6.84. The molecule has 5 rings (SSSR count). The van der Waals surface area contributed by atoms with Gasteiger partial charge in [0.25, 0.3) is 5.91 Å². The Morgan fingerprint density at radius 2 is 1.97 bits per heavy atom. The van der Waals surface area contributed by atoms with Crippen molar-refractivity contribution in [3.8, 4) is 5.75 Å². The molecule has 3 fully saturated rings. The zero-order valence-corrected chi connectivity index (χ0v) is 18.3. The predicted octanol–water partition coefficient (Wildman–Crippen LogP) is 5.41. The van der Waals surface area contributed by atoms with Gasteiger partial charge in [-0.25, -0.2) is 0 Å². The maximum atomic E-state index is 13.4. The van der Waals surface area contributed by atoms with Gasteiger partial charge in [0, 0.05) is 11.6 Å². The summed E-state index contributed by atoms with van der Waals surface area (Å²) in [6.45, 7) is 6.78. The molecule has 1 aromatic carbocycles. The van der Waals surface area contributed by atoms with Crippen LogP contribution < -0.4 is 10.1 Å². The van der Waals surface area contributed by atoms with Gasteiger partial charge in [0.2, 0.25) is 0 Å². The molecule has 30 heavy (non-hydrogen) atoms. The Kier molecular flexibility index (Phi) is 4.46. The second-order valence-corrected chi connectivity index (χ2v) is 9.61. The van der Waals surface area contributed by atoms with Crippen LogP contribution in [0.1, 0.15) is 80.9 Å². The first-order valence-corrected chi connectivity index (χ1v) is 11.5. The minimum atomic E-state index is -0.329. The van der Waals surface area contributed by atoms with Crippen molar-refractivity contribution in [3.63, 3.8) is 0 Å². The predicted molar refractivity (Wildman–Crippen MR) is 118 cm³/mol. The number of nitrogens with zero attached hydrogens (tertiary/aromatic N) is 1. The van der Waals surface area contributed by atoms with E-state index in [0.29, 0.717) is 11.5 Å². The fourth-order valence-electron chi connectivity index (χ4n) is 6.18. The van der Waals surface area contributed by atoms with Crippen molar-refractivity contribution in [2.45, 2.75) is 76.9 Å². The van der Waals surface area contributed by atoms with Crippen molar-refractivity contribution < 1.29 is 9.53 Å². The Morgan fingerprint density at radius 1 is 1.13 bits per heavy atom. The van der Waals surface area contributed by atoms with Gasteiger partial charge in [-0.3, -0.25) is 9.78 Å². The van der Waals surface area contributed by atoms with E-state index in [0.717, 1.165) is 55.5 Å². The highest BCUT2D eigenvalue weighted by Gasteiger charge is 2.70. The van der Waals surface area contributed by atoms with Gasteiger partial charge in [0.15, 0.2) is 0 Å². The Balaban J connectivity index is 1.45. The van der Waals surface area contributed by atoms with Gasteiger partial charge >= 0.3 is 0 Å². The number of hydrogen-bond donors (Lipinski definition) is 1. The van der Waals surface area contributed by atoms with Crippen LogP contribution >= 0.6 is 0 Å². The van der Waals surface area contributed by atoms with Crippen LogP contribution in [0.2, 0.25) is 0 Å². The highest BCUT2D eigenvalue weighted by molar-refractivity contribution is 5.98. The summed E-state index contributed by atoms with van der Waals surface area (Å²) in [6.07, 6.45) is 9.09. The summed E-state index contributed by atoms with van der Waals surface area (Å²) >= 11 is 0. The number of carbonyl (C=O) groups excluding carboxylic acids is 1. The van der Waals surface area contributed by atoms with Crippen LogP contribution in [-0.2, 0) is 12.0 Å². The van der Waals surface area contributed by atoms with Crippen molar-refractivity contribution in [3.05, 3.63) is 59.4 Å². The molecule has 1 N–H and O–H groups in total. The number of ether oxygens (including phenoxy) is 1. The lowest BCUT2D eigenvalue weighted by atomic mass is 9.38. The van der Waals surface area contributed by atoms with Gasteiger partial charge in [-0.05, 0) is 74.6 Å². The zero-order chi connectivity index (χ0) is 21.0. The highest BCUT2D eigenvalue weighted by Crippen LogP contribution is 2.70. The minimum Gasteiger partial charge on any atom is -0.486 e. The molecule has 1 heterocycles. The first kappa shape index (κ1) is 19.6. The first-order chi connectivity index (χ1) is 14.5. The molecule has 3 atom stereocenters. The van der Waals surface area contributed by atoms with Gasteiger partial charge in [-0.2, -0.15) is 0 Å². The van der Waals surface area contributed by atoms with E-state index in [1.807, 2.05) is 30.3 Å². The molecule has 2 aromatic rings. The van der Waals surface area contributed by atoms with Crippen molar-refractivity contribution in [2.24, 2.45) is 11.3 Å². The summed E-state index contributed by atoms with van der Waals surface area (Å²) in [5, 5.41) is 3.29. The van der Waals surface area contributed by atoms with E-state index in [2.05, 4.69) is 37.1 Å². The molecule has 3 aliphatic carbocycles. The number of aryl methyl sites for hydroxylation is 1. The van der Waals surface area contributed by atoms with E-state index < -0.39 is 0 Å². The van der Waals surface area contributed by atoms with Gasteiger partial charge in [0.1, 0.15) is 11.4 Å². The summed E-state index contributed by atoms with van der Waals surface area (Å²) in [5.41, 5.74) is 2.61. The molecular weight excluding hydrogens is 372 g/mol. The average Bonchev–Trinajstić information content (AvgIpc) is 3.54. The smallest absolute Gasteiger partial charge is 0.255 e.